The van der Waals surface area contributed by atoms with E-state index in [9.17, 15) is 13.2 Å². The summed E-state index contributed by atoms with van der Waals surface area (Å²) >= 11 is 0. The Bertz CT molecular complexity index is 571. The van der Waals surface area contributed by atoms with Crippen LogP contribution in [-0.4, -0.2) is 21.5 Å². The fourth-order valence-electron chi connectivity index (χ4n) is 1.57. The van der Waals surface area contributed by atoms with Gasteiger partial charge in [0, 0.05) is 25.0 Å². The molecule has 5 nitrogen and oxygen atoms in total. The Morgan fingerprint density at radius 1 is 1.15 bits per heavy atom. The van der Waals surface area contributed by atoms with Gasteiger partial charge in [-0.1, -0.05) is 0 Å². The summed E-state index contributed by atoms with van der Waals surface area (Å²) in [4.78, 5) is 10.4. The molecule has 0 saturated heterocycles. The molecule has 0 aromatic carbocycles. The summed E-state index contributed by atoms with van der Waals surface area (Å²) < 4.78 is 37.6. The molecule has 0 unspecified atom stereocenters. The molecule has 8 heteroatoms. The molecule has 2 aromatic heterocycles. The molecule has 0 amide bonds. The summed E-state index contributed by atoms with van der Waals surface area (Å²) in [6, 6.07) is 4.93. The summed E-state index contributed by atoms with van der Waals surface area (Å²) in [5, 5.41) is 2.79. The first-order valence-corrected chi connectivity index (χ1v) is 5.79. The van der Waals surface area contributed by atoms with Gasteiger partial charge in [0.15, 0.2) is 0 Å². The second-order valence-corrected chi connectivity index (χ2v) is 4.03. The average Bonchev–Trinajstić information content (AvgIpc) is 2.38. The predicted octanol–water partition coefficient (Wildman–Crippen LogP) is 2.13. The Hall–Kier alpha value is -2.38. The molecule has 20 heavy (non-hydrogen) atoms. The molecule has 0 spiro atoms. The van der Waals surface area contributed by atoms with Crippen LogP contribution in [0, 0.1) is 0 Å². The molecule has 106 valence electrons. The summed E-state index contributed by atoms with van der Waals surface area (Å²) in [5.41, 5.74) is 6.36. The highest BCUT2D eigenvalue weighted by Crippen LogP contribution is 2.27. The van der Waals surface area contributed by atoms with E-state index in [4.69, 9.17) is 5.73 Å². The minimum absolute atomic E-state index is 0.0545. The quantitative estimate of drug-likeness (QED) is 0.898. The first-order valence-electron chi connectivity index (χ1n) is 5.79. The molecule has 0 aliphatic carbocycles. The third kappa shape index (κ3) is 3.81. The van der Waals surface area contributed by atoms with Crippen LogP contribution in [0.4, 0.5) is 24.8 Å². The van der Waals surface area contributed by atoms with Gasteiger partial charge in [-0.15, -0.1) is 0 Å². The van der Waals surface area contributed by atoms with Crippen LogP contribution < -0.4 is 11.1 Å². The fraction of sp³-hybridized carbons (Fsp3) is 0.250. The Balaban J connectivity index is 2.01. The number of hydrogen-bond acceptors (Lipinski definition) is 5. The van der Waals surface area contributed by atoms with Gasteiger partial charge in [0.25, 0.3) is 0 Å². The molecule has 3 N–H and O–H groups in total. The van der Waals surface area contributed by atoms with E-state index in [1.54, 1.807) is 12.4 Å². The fourth-order valence-corrected chi connectivity index (χ4v) is 1.57. The lowest BCUT2D eigenvalue weighted by Crippen LogP contribution is -2.15. The van der Waals surface area contributed by atoms with Crippen molar-refractivity contribution < 1.29 is 13.2 Å². The van der Waals surface area contributed by atoms with Crippen molar-refractivity contribution in [2.24, 2.45) is 0 Å². The minimum Gasteiger partial charge on any atom is -0.384 e. The minimum atomic E-state index is -4.61. The van der Waals surface area contributed by atoms with E-state index >= 15 is 0 Å². The van der Waals surface area contributed by atoms with Gasteiger partial charge in [-0.2, -0.15) is 13.2 Å². The average molecular weight is 283 g/mol. The topological polar surface area (TPSA) is 76.7 Å². The number of nitrogens with one attached hydrogen (secondary N) is 1. The van der Waals surface area contributed by atoms with Gasteiger partial charge in [-0.3, -0.25) is 4.98 Å². The summed E-state index contributed by atoms with van der Waals surface area (Å²) in [5.74, 6) is -1.42. The van der Waals surface area contributed by atoms with Crippen LogP contribution >= 0.6 is 0 Å². The van der Waals surface area contributed by atoms with Gasteiger partial charge >= 0.3 is 6.18 Å². The number of anilines is 2. The largest absolute Gasteiger partial charge is 0.451 e. The van der Waals surface area contributed by atoms with Crippen LogP contribution in [0.2, 0.25) is 0 Å². The molecule has 0 aliphatic rings. The maximum atomic E-state index is 12.5. The number of alkyl halides is 3. The monoisotopic (exact) mass is 283 g/mol. The van der Waals surface area contributed by atoms with Crippen molar-refractivity contribution in [3.05, 3.63) is 42.0 Å². The number of aromatic nitrogens is 3. The number of hydrogen-bond donors (Lipinski definition) is 2. The van der Waals surface area contributed by atoms with Crippen LogP contribution in [-0.2, 0) is 12.6 Å². The van der Waals surface area contributed by atoms with Gasteiger partial charge in [0.05, 0.1) is 0 Å². The molecule has 0 bridgehead atoms. The molecule has 2 aromatic rings. The highest BCUT2D eigenvalue weighted by molar-refractivity contribution is 5.45. The van der Waals surface area contributed by atoms with Crippen LogP contribution in [0.15, 0.2) is 30.6 Å². The van der Waals surface area contributed by atoms with E-state index in [1.165, 1.54) is 6.07 Å². The van der Waals surface area contributed by atoms with Crippen molar-refractivity contribution in [1.29, 1.82) is 0 Å². The molecule has 0 atom stereocenters. The first kappa shape index (κ1) is 14.0. The molecule has 0 aliphatic heterocycles. The van der Waals surface area contributed by atoms with Crippen molar-refractivity contribution in [3.8, 4) is 0 Å². The Morgan fingerprint density at radius 2 is 1.85 bits per heavy atom. The normalized spacial score (nSPS) is 11.3. The number of nitrogen functional groups attached to an aromatic ring is 1. The highest BCUT2D eigenvalue weighted by atomic mass is 19.4. The lowest BCUT2D eigenvalue weighted by atomic mass is 10.2. The molecule has 2 heterocycles. The van der Waals surface area contributed by atoms with Gasteiger partial charge in [0.2, 0.25) is 5.82 Å². The molecule has 0 radical (unpaired) electrons. The van der Waals surface area contributed by atoms with E-state index in [-0.39, 0.29) is 11.6 Å². The van der Waals surface area contributed by atoms with E-state index in [2.05, 4.69) is 20.3 Å². The van der Waals surface area contributed by atoms with Crippen LogP contribution in [0.1, 0.15) is 11.4 Å². The smallest absolute Gasteiger partial charge is 0.384 e. The van der Waals surface area contributed by atoms with Gasteiger partial charge < -0.3 is 11.1 Å². The van der Waals surface area contributed by atoms with Crippen molar-refractivity contribution in [1.82, 2.24) is 15.0 Å². The van der Waals surface area contributed by atoms with E-state index < -0.39 is 12.0 Å². The predicted molar refractivity (Wildman–Crippen MR) is 67.9 cm³/mol. The lowest BCUT2D eigenvalue weighted by molar-refractivity contribution is -0.144. The van der Waals surface area contributed by atoms with Crippen molar-refractivity contribution >= 4 is 11.6 Å². The maximum absolute atomic E-state index is 12.5. The lowest BCUT2D eigenvalue weighted by Gasteiger charge is -2.10. The summed E-state index contributed by atoms with van der Waals surface area (Å²) in [6.07, 6.45) is -0.676. The number of nitrogens with two attached hydrogens (primary N) is 1. The second kappa shape index (κ2) is 5.72. The van der Waals surface area contributed by atoms with Crippen LogP contribution in [0.3, 0.4) is 0 Å². The van der Waals surface area contributed by atoms with Crippen LogP contribution in [0.5, 0.6) is 0 Å². The standard InChI is InChI=1S/C12H12F3N5/c13-12(14,15)11-19-9(16)7-10(20-11)18-6-3-8-1-4-17-5-2-8/h1-2,4-5,7H,3,6H2,(H3,16,18,19,20). The van der Waals surface area contributed by atoms with Gasteiger partial charge in [-0.05, 0) is 24.1 Å². The summed E-state index contributed by atoms with van der Waals surface area (Å²) in [7, 11) is 0. The molecular weight excluding hydrogens is 271 g/mol. The Morgan fingerprint density at radius 3 is 2.50 bits per heavy atom. The number of pyridine rings is 1. The Labute approximate surface area is 113 Å². The number of halogens is 3. The third-order valence-corrected chi connectivity index (χ3v) is 2.47. The highest BCUT2D eigenvalue weighted by Gasteiger charge is 2.35. The van der Waals surface area contributed by atoms with Crippen molar-refractivity contribution in [3.63, 3.8) is 0 Å². The summed E-state index contributed by atoms with van der Waals surface area (Å²) in [6.45, 7) is 0.428. The van der Waals surface area contributed by atoms with Crippen molar-refractivity contribution in [2.45, 2.75) is 12.6 Å². The van der Waals surface area contributed by atoms with E-state index in [1.807, 2.05) is 12.1 Å². The Kier molecular flexibility index (Phi) is 4.02. The van der Waals surface area contributed by atoms with Crippen molar-refractivity contribution in [2.75, 3.05) is 17.6 Å². The maximum Gasteiger partial charge on any atom is 0.451 e. The zero-order valence-electron chi connectivity index (χ0n) is 10.4. The zero-order valence-corrected chi connectivity index (χ0v) is 10.4. The molecule has 2 rings (SSSR count). The van der Waals surface area contributed by atoms with Crippen LogP contribution in [0.25, 0.3) is 0 Å². The molecular formula is C12H12F3N5. The van der Waals surface area contributed by atoms with Gasteiger partial charge in [0.1, 0.15) is 11.6 Å². The first-order chi connectivity index (χ1) is 9.45. The second-order valence-electron chi connectivity index (χ2n) is 4.03. The number of rotatable bonds is 4. The number of nitrogens with zero attached hydrogens (tertiary/aromatic N) is 3. The zero-order chi connectivity index (χ0) is 14.6. The van der Waals surface area contributed by atoms with E-state index in [0.29, 0.717) is 13.0 Å². The third-order valence-electron chi connectivity index (χ3n) is 2.47. The molecule has 0 fully saturated rings. The molecule has 0 saturated carbocycles. The van der Waals surface area contributed by atoms with Gasteiger partial charge in [-0.25, -0.2) is 9.97 Å². The SMILES string of the molecule is Nc1cc(NCCc2ccncc2)nc(C(F)(F)F)n1. The van der Waals surface area contributed by atoms with E-state index in [0.717, 1.165) is 5.56 Å².